The molecule has 2 aliphatic rings. The van der Waals surface area contributed by atoms with Gasteiger partial charge in [0.1, 0.15) is 22.6 Å². The maximum atomic E-state index is 12.4. The van der Waals surface area contributed by atoms with E-state index in [9.17, 15) is 4.79 Å². The Morgan fingerprint density at radius 3 is 1.47 bits per heavy atom. The average molecular weight is 584 g/mol. The maximum Gasteiger partial charge on any atom is 0.247 e. The van der Waals surface area contributed by atoms with E-state index in [1.807, 2.05) is 91.0 Å². The first-order valence-electron chi connectivity index (χ1n) is 14.3. The van der Waals surface area contributed by atoms with Gasteiger partial charge in [-0.2, -0.15) is 0 Å². The summed E-state index contributed by atoms with van der Waals surface area (Å²) in [5.41, 5.74) is 6.27. The van der Waals surface area contributed by atoms with E-state index in [0.29, 0.717) is 57.0 Å². The van der Waals surface area contributed by atoms with Crippen LogP contribution in [-0.2, 0) is 4.79 Å². The van der Waals surface area contributed by atoms with Crippen LogP contribution in [0.5, 0.6) is 0 Å². The molecule has 3 N–H and O–H groups in total. The van der Waals surface area contributed by atoms with Gasteiger partial charge in [-0.05, 0) is 12.1 Å². The van der Waals surface area contributed by atoms with Gasteiger partial charge < -0.3 is 15.3 Å². The van der Waals surface area contributed by atoms with Crippen LogP contribution in [0.3, 0.4) is 0 Å². The highest BCUT2D eigenvalue weighted by atomic mass is 16.1. The van der Waals surface area contributed by atoms with Crippen molar-refractivity contribution < 1.29 is 4.79 Å². The van der Waals surface area contributed by atoms with Gasteiger partial charge in [0.2, 0.25) is 5.91 Å². The molecule has 0 unspecified atom stereocenters. The molecule has 8 bridgehead atoms. The molecule has 45 heavy (non-hydrogen) atoms. The second-order valence-corrected chi connectivity index (χ2v) is 10.7. The Balaban J connectivity index is 1.49. The van der Waals surface area contributed by atoms with Crippen LogP contribution >= 0.6 is 0 Å². The van der Waals surface area contributed by atoms with Crippen LogP contribution in [0.25, 0.3) is 89.7 Å². The molecule has 0 fully saturated rings. The third-order valence-corrected chi connectivity index (χ3v) is 8.02. The minimum Gasteiger partial charge on any atom is -0.324 e. The maximum absolute atomic E-state index is 12.4. The lowest BCUT2D eigenvalue weighted by molar-refractivity contribution is -0.111. The van der Waals surface area contributed by atoms with Crippen molar-refractivity contribution in [3.05, 3.63) is 104 Å². The summed E-state index contributed by atoms with van der Waals surface area (Å²) in [6.45, 7) is 3.61. The van der Waals surface area contributed by atoms with Gasteiger partial charge in [-0.25, -0.2) is 29.9 Å². The summed E-state index contributed by atoms with van der Waals surface area (Å²) in [5, 5.41) is 6.18. The SMILES string of the molecule is C=CC(=O)Nc1cccc2c3nc4nc(nc5[nH]c(nc6nc(nc([nH]3)c12)-c1ccccc1-6)c1ccccc51)-c1ccccc1-4. The number of benzene rings is 4. The summed E-state index contributed by atoms with van der Waals surface area (Å²) in [4.78, 5) is 49.2. The summed E-state index contributed by atoms with van der Waals surface area (Å²) in [5.74, 6) is 1.71. The van der Waals surface area contributed by atoms with Gasteiger partial charge in [0.05, 0.1) is 11.1 Å². The standard InChI is InChI=1S/C35H21N9O/c1-2-26(45)36-25-17-9-16-24-27(25)35-43-33-23-15-8-7-14-22(23)31(41-33)39-29-19-11-4-3-10-18(19)28(37-29)38-30-20-12-5-6-13-21(20)32(40-30)42-34(24)44-35/h2-17H,1H2,(H,36,45)(H2,37,38,39,40,41,42,43,44). The number of anilines is 1. The van der Waals surface area contributed by atoms with Gasteiger partial charge in [-0.1, -0.05) is 91.5 Å². The highest BCUT2D eigenvalue weighted by Crippen LogP contribution is 2.37. The van der Waals surface area contributed by atoms with Crippen LogP contribution < -0.4 is 5.32 Å². The fourth-order valence-electron chi connectivity index (χ4n) is 5.98. The first-order valence-corrected chi connectivity index (χ1v) is 14.3. The van der Waals surface area contributed by atoms with Crippen LogP contribution in [0, 0.1) is 0 Å². The Hall–Kier alpha value is -6.55. The van der Waals surface area contributed by atoms with E-state index in [2.05, 4.69) is 21.9 Å². The third-order valence-electron chi connectivity index (χ3n) is 8.02. The molecule has 7 aromatic rings. The van der Waals surface area contributed by atoms with Gasteiger partial charge in [-0.15, -0.1) is 0 Å². The quantitative estimate of drug-likeness (QED) is 0.186. The molecule has 0 saturated heterocycles. The van der Waals surface area contributed by atoms with E-state index < -0.39 is 0 Å². The molecule has 9 rings (SSSR count). The van der Waals surface area contributed by atoms with E-state index >= 15 is 0 Å². The number of aromatic amines is 2. The first-order chi connectivity index (χ1) is 22.1. The number of fused-ring (bicyclic) bond motifs is 20. The largest absolute Gasteiger partial charge is 0.324 e. The molecule has 1 amide bonds. The predicted molar refractivity (Wildman–Crippen MR) is 175 cm³/mol. The van der Waals surface area contributed by atoms with Crippen molar-refractivity contribution in [2.45, 2.75) is 0 Å². The topological polar surface area (TPSA) is 138 Å². The molecule has 10 heteroatoms. The Kier molecular flexibility index (Phi) is 5.26. The molecule has 10 nitrogen and oxygen atoms in total. The van der Waals surface area contributed by atoms with E-state index in [0.717, 1.165) is 38.4 Å². The summed E-state index contributed by atoms with van der Waals surface area (Å²) in [6, 6.07) is 29.3. The molecule has 212 valence electrons. The summed E-state index contributed by atoms with van der Waals surface area (Å²) < 4.78 is 0. The Bertz CT molecular complexity index is 2580. The van der Waals surface area contributed by atoms with E-state index in [1.54, 1.807) is 0 Å². The van der Waals surface area contributed by atoms with E-state index in [4.69, 9.17) is 29.9 Å². The monoisotopic (exact) mass is 583 g/mol. The summed E-state index contributed by atoms with van der Waals surface area (Å²) in [7, 11) is 0. The molecule has 0 aliphatic carbocycles. The number of hydrogen-bond acceptors (Lipinski definition) is 7. The minimum atomic E-state index is -0.336. The Morgan fingerprint density at radius 1 is 0.533 bits per heavy atom. The van der Waals surface area contributed by atoms with Crippen LogP contribution in [0.15, 0.2) is 104 Å². The normalized spacial score (nSPS) is 11.7. The van der Waals surface area contributed by atoms with Crippen molar-refractivity contribution in [1.82, 2.24) is 39.9 Å². The lowest BCUT2D eigenvalue weighted by atomic mass is 10.1. The van der Waals surface area contributed by atoms with Gasteiger partial charge in [0.25, 0.3) is 0 Å². The van der Waals surface area contributed by atoms with Crippen molar-refractivity contribution >= 4 is 55.7 Å². The number of nitrogens with zero attached hydrogens (tertiary/aromatic N) is 6. The van der Waals surface area contributed by atoms with Gasteiger partial charge in [0.15, 0.2) is 23.3 Å². The van der Waals surface area contributed by atoms with Crippen LogP contribution in [-0.4, -0.2) is 45.8 Å². The highest BCUT2D eigenvalue weighted by molar-refractivity contribution is 6.15. The summed E-state index contributed by atoms with van der Waals surface area (Å²) in [6.07, 6.45) is 1.23. The molecule has 3 aromatic heterocycles. The van der Waals surface area contributed by atoms with Gasteiger partial charge >= 0.3 is 0 Å². The highest BCUT2D eigenvalue weighted by Gasteiger charge is 2.22. The molecule has 0 spiro atoms. The molecule has 4 aromatic carbocycles. The van der Waals surface area contributed by atoms with Crippen molar-refractivity contribution in [3.63, 3.8) is 0 Å². The fourth-order valence-corrected chi connectivity index (χ4v) is 5.98. The van der Waals surface area contributed by atoms with Crippen LogP contribution in [0.2, 0.25) is 0 Å². The van der Waals surface area contributed by atoms with Crippen molar-refractivity contribution in [2.24, 2.45) is 0 Å². The van der Waals surface area contributed by atoms with E-state index in [-0.39, 0.29) is 5.91 Å². The number of H-pyrrole nitrogens is 2. The van der Waals surface area contributed by atoms with Crippen LogP contribution in [0.1, 0.15) is 0 Å². The molecule has 0 radical (unpaired) electrons. The van der Waals surface area contributed by atoms with E-state index in [1.165, 1.54) is 6.08 Å². The van der Waals surface area contributed by atoms with Crippen LogP contribution in [0.4, 0.5) is 5.69 Å². The zero-order valence-electron chi connectivity index (χ0n) is 23.5. The smallest absolute Gasteiger partial charge is 0.247 e. The number of nitrogens with one attached hydrogen (secondary N) is 3. The minimum absolute atomic E-state index is 0.336. The van der Waals surface area contributed by atoms with Crippen molar-refractivity contribution in [2.75, 3.05) is 5.32 Å². The lowest BCUT2D eigenvalue weighted by Crippen LogP contribution is -2.07. The van der Waals surface area contributed by atoms with Crippen molar-refractivity contribution in [3.8, 4) is 45.6 Å². The number of rotatable bonds is 2. The summed E-state index contributed by atoms with van der Waals surface area (Å²) >= 11 is 0. The molecular weight excluding hydrogens is 562 g/mol. The van der Waals surface area contributed by atoms with Gasteiger partial charge in [-0.3, -0.25) is 4.79 Å². The third kappa shape index (κ3) is 3.86. The van der Waals surface area contributed by atoms with Gasteiger partial charge in [0, 0.05) is 38.4 Å². The molecule has 0 atom stereocenters. The molecule has 2 aliphatic heterocycles. The number of carbonyl (C=O) groups excluding carboxylic acids is 1. The Morgan fingerprint density at radius 2 is 0.956 bits per heavy atom. The fraction of sp³-hybridized carbons (Fsp3) is 0. The predicted octanol–water partition coefficient (Wildman–Crippen LogP) is 6.99. The number of aromatic nitrogens is 8. The zero-order valence-corrected chi connectivity index (χ0v) is 23.5. The number of hydrogen-bond donors (Lipinski definition) is 3. The second-order valence-electron chi connectivity index (χ2n) is 10.7. The molecule has 0 saturated carbocycles. The second kappa shape index (κ2) is 9.48. The molecular formula is C35H21N9O. The average Bonchev–Trinajstić information content (AvgIpc) is 3.80. The Labute approximate surface area is 254 Å². The zero-order chi connectivity index (χ0) is 30.1. The lowest BCUT2D eigenvalue weighted by Gasteiger charge is -2.04. The molecule has 5 heterocycles. The number of carbonyl (C=O) groups is 1. The van der Waals surface area contributed by atoms with Crippen molar-refractivity contribution in [1.29, 1.82) is 0 Å². The number of amides is 1. The first kappa shape index (κ1) is 25.0.